The number of anilines is 2. The van der Waals surface area contributed by atoms with Gasteiger partial charge in [0.05, 0.1) is 7.11 Å². The lowest BCUT2D eigenvalue weighted by Crippen LogP contribution is -2.47. The summed E-state index contributed by atoms with van der Waals surface area (Å²) in [6.07, 6.45) is 7.54. The van der Waals surface area contributed by atoms with Gasteiger partial charge >= 0.3 is 0 Å². The zero-order chi connectivity index (χ0) is 26.6. The van der Waals surface area contributed by atoms with Crippen LogP contribution in [0.5, 0.6) is 5.75 Å². The van der Waals surface area contributed by atoms with Crippen LogP contribution in [0.1, 0.15) is 44.3 Å². The van der Waals surface area contributed by atoms with Gasteiger partial charge in [-0.1, -0.05) is 18.9 Å². The van der Waals surface area contributed by atoms with Crippen molar-refractivity contribution in [1.82, 2.24) is 30.0 Å². The fourth-order valence-electron chi connectivity index (χ4n) is 6.35. The molecule has 6 rings (SSSR count). The van der Waals surface area contributed by atoms with Gasteiger partial charge in [-0.2, -0.15) is 4.52 Å². The summed E-state index contributed by atoms with van der Waals surface area (Å²) in [5, 5.41) is 16.6. The Morgan fingerprint density at radius 2 is 1.82 bits per heavy atom. The highest BCUT2D eigenvalue weighted by Gasteiger charge is 2.30. The van der Waals surface area contributed by atoms with Crippen LogP contribution in [0.4, 0.5) is 11.5 Å². The third-order valence-corrected chi connectivity index (χ3v) is 8.66. The second-order valence-electron chi connectivity index (χ2n) is 11.1. The first-order chi connectivity index (χ1) is 19.2. The molecule has 1 amide bonds. The summed E-state index contributed by atoms with van der Waals surface area (Å²) in [7, 11) is 1.70. The molecular weight excluding hydrogens is 492 g/mol. The van der Waals surface area contributed by atoms with E-state index in [9.17, 15) is 4.79 Å². The van der Waals surface area contributed by atoms with E-state index in [1.807, 2.05) is 24.3 Å². The molecule has 208 valence electrons. The van der Waals surface area contributed by atoms with Gasteiger partial charge in [-0.3, -0.25) is 4.79 Å². The fourth-order valence-corrected chi connectivity index (χ4v) is 6.35. The molecule has 1 aliphatic carbocycles. The molecular formula is C29H40N8O2. The van der Waals surface area contributed by atoms with E-state index in [0.717, 1.165) is 62.7 Å². The molecule has 2 aliphatic heterocycles. The minimum atomic E-state index is 0.0795. The molecule has 3 aliphatic rings. The molecule has 2 saturated heterocycles. The van der Waals surface area contributed by atoms with Crippen LogP contribution in [0.3, 0.4) is 0 Å². The average Bonchev–Trinajstić information content (AvgIpc) is 3.76. The summed E-state index contributed by atoms with van der Waals surface area (Å²) < 4.78 is 7.18. The number of hydrogen-bond acceptors (Lipinski definition) is 8. The van der Waals surface area contributed by atoms with E-state index in [4.69, 9.17) is 9.84 Å². The predicted molar refractivity (Wildman–Crippen MR) is 151 cm³/mol. The molecule has 1 N–H and O–H groups in total. The number of carbonyl (C=O) groups is 1. The van der Waals surface area contributed by atoms with Crippen LogP contribution in [0, 0.1) is 5.92 Å². The first-order valence-electron chi connectivity index (χ1n) is 14.5. The lowest BCUT2D eigenvalue weighted by atomic mass is 10.1. The normalized spacial score (nSPS) is 20.7. The largest absolute Gasteiger partial charge is 0.497 e. The van der Waals surface area contributed by atoms with Gasteiger partial charge < -0.3 is 24.8 Å². The second-order valence-corrected chi connectivity index (χ2v) is 11.1. The van der Waals surface area contributed by atoms with Crippen molar-refractivity contribution in [3.63, 3.8) is 0 Å². The molecule has 1 atom stereocenters. The number of hydrogen-bond donors (Lipinski definition) is 1. The van der Waals surface area contributed by atoms with Crippen molar-refractivity contribution in [2.24, 2.45) is 5.92 Å². The number of aryl methyl sites for hydroxylation is 1. The van der Waals surface area contributed by atoms with Crippen molar-refractivity contribution in [3.8, 4) is 5.75 Å². The minimum Gasteiger partial charge on any atom is -0.497 e. The average molecular weight is 533 g/mol. The lowest BCUT2D eigenvalue weighted by Gasteiger charge is -2.36. The molecule has 0 spiro atoms. The summed E-state index contributed by atoms with van der Waals surface area (Å²) in [6.45, 7) is 6.63. The number of methoxy groups -OCH3 is 1. The van der Waals surface area contributed by atoms with Crippen LogP contribution in [0.25, 0.3) is 5.65 Å². The number of aromatic nitrogens is 4. The fraction of sp³-hybridized carbons (Fsp3) is 0.586. The molecule has 0 unspecified atom stereocenters. The van der Waals surface area contributed by atoms with E-state index in [-0.39, 0.29) is 5.91 Å². The van der Waals surface area contributed by atoms with E-state index in [1.54, 1.807) is 11.6 Å². The number of nitrogens with zero attached hydrogens (tertiary/aromatic N) is 7. The van der Waals surface area contributed by atoms with E-state index in [0.29, 0.717) is 24.4 Å². The SMILES string of the molecule is COc1cccc(N2CCN(c3ccc4nnc(CCC(=O)NC[C@H]5CCN(C6CCCC6)C5)n4n3)CC2)c1. The molecule has 2 aromatic heterocycles. The van der Waals surface area contributed by atoms with Crippen LogP contribution in [0.15, 0.2) is 36.4 Å². The Kier molecular flexibility index (Phi) is 7.81. The van der Waals surface area contributed by atoms with Crippen molar-refractivity contribution in [2.45, 2.75) is 51.0 Å². The Morgan fingerprint density at radius 1 is 1.00 bits per heavy atom. The van der Waals surface area contributed by atoms with Crippen LogP contribution < -0.4 is 19.9 Å². The Hall–Kier alpha value is -3.40. The van der Waals surface area contributed by atoms with Crippen molar-refractivity contribution < 1.29 is 9.53 Å². The number of amides is 1. The molecule has 10 nitrogen and oxygen atoms in total. The zero-order valence-corrected chi connectivity index (χ0v) is 23.0. The number of rotatable bonds is 9. The minimum absolute atomic E-state index is 0.0795. The van der Waals surface area contributed by atoms with Gasteiger partial charge in [0.1, 0.15) is 11.6 Å². The number of ether oxygens (including phenoxy) is 1. The number of nitrogens with one attached hydrogen (secondary N) is 1. The van der Waals surface area contributed by atoms with Crippen molar-refractivity contribution in [1.29, 1.82) is 0 Å². The second kappa shape index (κ2) is 11.8. The highest BCUT2D eigenvalue weighted by molar-refractivity contribution is 5.76. The van der Waals surface area contributed by atoms with E-state index in [1.165, 1.54) is 44.3 Å². The first kappa shape index (κ1) is 25.9. The third-order valence-electron chi connectivity index (χ3n) is 8.66. The van der Waals surface area contributed by atoms with Gasteiger partial charge in [0, 0.05) is 69.9 Å². The summed E-state index contributed by atoms with van der Waals surface area (Å²) in [5.74, 6) is 3.16. The number of piperazine rings is 1. The van der Waals surface area contributed by atoms with Gasteiger partial charge in [0.2, 0.25) is 5.91 Å². The molecule has 39 heavy (non-hydrogen) atoms. The van der Waals surface area contributed by atoms with Crippen LogP contribution in [0.2, 0.25) is 0 Å². The smallest absolute Gasteiger partial charge is 0.220 e. The quantitative estimate of drug-likeness (QED) is 0.450. The van der Waals surface area contributed by atoms with Gasteiger partial charge in [-0.25, -0.2) is 0 Å². The topological polar surface area (TPSA) is 91.1 Å². The number of fused-ring (bicyclic) bond motifs is 1. The third kappa shape index (κ3) is 5.95. The Balaban J connectivity index is 1.00. The highest BCUT2D eigenvalue weighted by atomic mass is 16.5. The summed E-state index contributed by atoms with van der Waals surface area (Å²) >= 11 is 0. The number of carbonyl (C=O) groups excluding carboxylic acids is 1. The van der Waals surface area contributed by atoms with E-state index in [2.05, 4.69) is 42.3 Å². The Morgan fingerprint density at radius 3 is 2.64 bits per heavy atom. The van der Waals surface area contributed by atoms with E-state index >= 15 is 0 Å². The summed E-state index contributed by atoms with van der Waals surface area (Å²) in [4.78, 5) is 20.0. The first-order valence-corrected chi connectivity index (χ1v) is 14.5. The maximum atomic E-state index is 12.6. The van der Waals surface area contributed by atoms with Crippen LogP contribution in [-0.2, 0) is 11.2 Å². The van der Waals surface area contributed by atoms with Gasteiger partial charge in [0.15, 0.2) is 11.5 Å². The lowest BCUT2D eigenvalue weighted by molar-refractivity contribution is -0.121. The molecule has 3 fully saturated rings. The van der Waals surface area contributed by atoms with Gasteiger partial charge in [0.25, 0.3) is 0 Å². The zero-order valence-electron chi connectivity index (χ0n) is 23.0. The van der Waals surface area contributed by atoms with Crippen LogP contribution in [-0.4, -0.2) is 89.6 Å². The van der Waals surface area contributed by atoms with E-state index < -0.39 is 0 Å². The maximum Gasteiger partial charge on any atom is 0.220 e. The predicted octanol–water partition coefficient (Wildman–Crippen LogP) is 2.77. The van der Waals surface area contributed by atoms with Gasteiger partial charge in [-0.15, -0.1) is 15.3 Å². The summed E-state index contributed by atoms with van der Waals surface area (Å²) in [6, 6.07) is 13.0. The maximum absolute atomic E-state index is 12.6. The number of benzene rings is 1. The molecule has 4 heterocycles. The number of likely N-dealkylation sites (tertiary alicyclic amines) is 1. The molecule has 0 bridgehead atoms. The summed E-state index contributed by atoms with van der Waals surface area (Å²) in [5.41, 5.74) is 1.89. The molecule has 1 saturated carbocycles. The highest BCUT2D eigenvalue weighted by Crippen LogP contribution is 2.28. The standard InChI is InChI=1S/C29H40N8O2/c1-39-25-8-4-7-24(19-25)34-15-17-35(18-16-34)28-10-9-26-31-32-27(37(26)33-28)11-12-29(38)30-20-22-13-14-36(21-22)23-5-2-3-6-23/h4,7-10,19,22-23H,2-3,5-6,11-18,20-21H2,1H3,(H,30,38)/t22-/m1/s1. The molecule has 0 radical (unpaired) electrons. The van der Waals surface area contributed by atoms with Crippen LogP contribution >= 0.6 is 0 Å². The van der Waals surface area contributed by atoms with Crippen molar-refractivity contribution in [3.05, 3.63) is 42.2 Å². The van der Waals surface area contributed by atoms with Crippen molar-refractivity contribution >= 4 is 23.1 Å². The molecule has 10 heteroatoms. The van der Waals surface area contributed by atoms with Gasteiger partial charge in [-0.05, 0) is 56.0 Å². The Bertz CT molecular complexity index is 1270. The monoisotopic (exact) mass is 532 g/mol. The Labute approximate surface area is 230 Å². The van der Waals surface area contributed by atoms with Crippen molar-refractivity contribution in [2.75, 3.05) is 62.7 Å². The molecule has 3 aromatic rings. The molecule has 1 aromatic carbocycles.